The average molecular weight is 418 g/mol. The summed E-state index contributed by atoms with van der Waals surface area (Å²) in [6.45, 7) is 4.45. The van der Waals surface area contributed by atoms with Gasteiger partial charge in [0.1, 0.15) is 11.6 Å². The normalized spacial score (nSPS) is 20.0. The Morgan fingerprint density at radius 2 is 1.73 bits per heavy atom. The second-order valence-electron chi connectivity index (χ2n) is 8.53. The fraction of sp³-hybridized carbons (Fsp3) is 0.480. The molecule has 2 nitrogen and oxygen atoms in total. The third-order valence-corrected chi connectivity index (χ3v) is 6.31. The molecule has 1 unspecified atom stereocenters. The van der Waals surface area contributed by atoms with Crippen LogP contribution in [0.25, 0.3) is 0 Å². The maximum absolute atomic E-state index is 14.5. The van der Waals surface area contributed by atoms with Crippen LogP contribution in [0.2, 0.25) is 0 Å². The van der Waals surface area contributed by atoms with Gasteiger partial charge in [-0.2, -0.15) is 0 Å². The Labute approximate surface area is 176 Å². The Morgan fingerprint density at radius 3 is 2.37 bits per heavy atom. The molecule has 1 aliphatic carbocycles. The first-order chi connectivity index (χ1) is 14.4. The summed E-state index contributed by atoms with van der Waals surface area (Å²) in [7, 11) is 0. The third kappa shape index (κ3) is 5.65. The second kappa shape index (κ2) is 10.1. The summed E-state index contributed by atoms with van der Waals surface area (Å²) in [6.07, 6.45) is 8.35. The Morgan fingerprint density at radius 1 is 1.00 bits per heavy atom. The molecule has 3 rings (SSSR count). The van der Waals surface area contributed by atoms with Gasteiger partial charge in [0, 0.05) is 6.07 Å². The molecule has 5 heteroatoms. The van der Waals surface area contributed by atoms with Crippen molar-refractivity contribution in [1.82, 2.24) is 0 Å². The van der Waals surface area contributed by atoms with Crippen LogP contribution in [-0.4, -0.2) is 5.97 Å². The van der Waals surface area contributed by atoms with Crippen LogP contribution in [0.1, 0.15) is 68.3 Å². The highest BCUT2D eigenvalue weighted by Gasteiger charge is 2.25. The van der Waals surface area contributed by atoms with Gasteiger partial charge >= 0.3 is 5.97 Å². The maximum Gasteiger partial charge on any atom is 0.346 e. The largest absolute Gasteiger partial charge is 0.423 e. The van der Waals surface area contributed by atoms with Crippen LogP contribution >= 0.6 is 0 Å². The zero-order chi connectivity index (χ0) is 21.7. The first-order valence-corrected chi connectivity index (χ1v) is 10.8. The summed E-state index contributed by atoms with van der Waals surface area (Å²) >= 11 is 0. The predicted octanol–water partition coefficient (Wildman–Crippen LogP) is 7.11. The number of halogens is 3. The molecule has 1 saturated carbocycles. The van der Waals surface area contributed by atoms with E-state index in [0.717, 1.165) is 36.1 Å². The van der Waals surface area contributed by atoms with Gasteiger partial charge in [0.05, 0.1) is 5.56 Å². The Bertz CT molecular complexity index is 873. The van der Waals surface area contributed by atoms with Gasteiger partial charge in [-0.1, -0.05) is 45.6 Å². The molecule has 30 heavy (non-hydrogen) atoms. The van der Waals surface area contributed by atoms with Gasteiger partial charge in [-0.05, 0) is 66.8 Å². The van der Waals surface area contributed by atoms with Crippen molar-refractivity contribution in [2.45, 2.75) is 58.8 Å². The number of carbonyl (C=O) groups excluding carboxylic acids is 1. The van der Waals surface area contributed by atoms with E-state index in [9.17, 15) is 18.0 Å². The predicted molar refractivity (Wildman–Crippen MR) is 111 cm³/mol. The fourth-order valence-corrected chi connectivity index (χ4v) is 4.55. The van der Waals surface area contributed by atoms with E-state index in [0.29, 0.717) is 11.8 Å². The Hall–Kier alpha value is -2.30. The number of hydrogen-bond acceptors (Lipinski definition) is 2. The fourth-order valence-electron chi connectivity index (χ4n) is 4.55. The molecule has 0 aromatic heterocycles. The molecule has 1 aliphatic rings. The van der Waals surface area contributed by atoms with Gasteiger partial charge in [0.25, 0.3) is 0 Å². The summed E-state index contributed by atoms with van der Waals surface area (Å²) in [5.41, 5.74) is 0.622. The topological polar surface area (TPSA) is 26.3 Å². The zero-order valence-corrected chi connectivity index (χ0v) is 17.6. The highest BCUT2D eigenvalue weighted by atomic mass is 19.2. The van der Waals surface area contributed by atoms with E-state index < -0.39 is 23.4 Å². The van der Waals surface area contributed by atoms with Crippen LogP contribution in [0, 0.1) is 35.2 Å². The Kier molecular flexibility index (Phi) is 7.57. The lowest BCUT2D eigenvalue weighted by Crippen LogP contribution is -2.21. The monoisotopic (exact) mass is 418 g/mol. The average Bonchev–Trinajstić information content (AvgIpc) is 2.71. The van der Waals surface area contributed by atoms with Gasteiger partial charge < -0.3 is 4.74 Å². The van der Waals surface area contributed by atoms with Crippen LogP contribution in [0.5, 0.6) is 5.75 Å². The zero-order valence-electron chi connectivity index (χ0n) is 17.6. The number of esters is 1. The van der Waals surface area contributed by atoms with Crippen molar-refractivity contribution in [2.75, 3.05) is 0 Å². The molecule has 1 fully saturated rings. The highest BCUT2D eigenvalue weighted by molar-refractivity contribution is 5.91. The molecule has 0 spiro atoms. The van der Waals surface area contributed by atoms with Crippen LogP contribution in [-0.2, 0) is 6.42 Å². The van der Waals surface area contributed by atoms with Crippen molar-refractivity contribution in [3.63, 3.8) is 0 Å². The quantitative estimate of drug-likeness (QED) is 0.354. The van der Waals surface area contributed by atoms with E-state index >= 15 is 0 Å². The van der Waals surface area contributed by atoms with Gasteiger partial charge in [0.2, 0.25) is 0 Å². The lowest BCUT2D eigenvalue weighted by Gasteiger charge is -2.32. The van der Waals surface area contributed by atoms with Crippen molar-refractivity contribution >= 4 is 5.97 Å². The van der Waals surface area contributed by atoms with Gasteiger partial charge in [-0.25, -0.2) is 18.0 Å². The van der Waals surface area contributed by atoms with E-state index in [1.165, 1.54) is 50.7 Å². The molecule has 0 aliphatic heterocycles. The minimum atomic E-state index is -1.13. The third-order valence-electron chi connectivity index (χ3n) is 6.31. The molecular formula is C25H29F3O2. The summed E-state index contributed by atoms with van der Waals surface area (Å²) < 4.78 is 45.8. The van der Waals surface area contributed by atoms with E-state index in [4.69, 9.17) is 4.74 Å². The van der Waals surface area contributed by atoms with Gasteiger partial charge in [-0.3, -0.25) is 0 Å². The summed E-state index contributed by atoms with van der Waals surface area (Å²) in [6, 6.07) is 7.26. The molecule has 2 aromatic rings. The van der Waals surface area contributed by atoms with Crippen LogP contribution in [0.4, 0.5) is 13.2 Å². The molecule has 162 valence electrons. The van der Waals surface area contributed by atoms with E-state index in [-0.39, 0.29) is 11.3 Å². The maximum atomic E-state index is 14.5. The van der Waals surface area contributed by atoms with E-state index in [1.807, 2.05) is 0 Å². The number of hydrogen-bond donors (Lipinski definition) is 0. The lowest BCUT2D eigenvalue weighted by atomic mass is 9.74. The van der Waals surface area contributed by atoms with Crippen molar-refractivity contribution in [3.8, 4) is 5.75 Å². The van der Waals surface area contributed by atoms with Crippen LogP contribution < -0.4 is 4.74 Å². The number of benzene rings is 2. The molecule has 0 radical (unpaired) electrons. The molecule has 0 N–H and O–H groups in total. The van der Waals surface area contributed by atoms with Crippen molar-refractivity contribution in [2.24, 2.45) is 17.8 Å². The smallest absolute Gasteiger partial charge is 0.346 e. The van der Waals surface area contributed by atoms with Crippen LogP contribution in [0.3, 0.4) is 0 Å². The minimum absolute atomic E-state index is 0.172. The molecule has 0 bridgehead atoms. The molecular weight excluding hydrogens is 389 g/mol. The van der Waals surface area contributed by atoms with Gasteiger partial charge in [0.15, 0.2) is 11.6 Å². The Balaban J connectivity index is 1.59. The molecule has 0 amide bonds. The minimum Gasteiger partial charge on any atom is -0.423 e. The molecule has 0 heterocycles. The first kappa shape index (κ1) is 22.4. The number of carbonyl (C=O) groups is 1. The van der Waals surface area contributed by atoms with E-state index in [1.54, 1.807) is 6.07 Å². The molecule has 1 atom stereocenters. The van der Waals surface area contributed by atoms with Crippen molar-refractivity contribution < 1.29 is 22.7 Å². The summed E-state index contributed by atoms with van der Waals surface area (Å²) in [4.78, 5) is 12.2. The number of ether oxygens (including phenoxy) is 1. The van der Waals surface area contributed by atoms with E-state index in [2.05, 4.69) is 13.8 Å². The standard InChI is InChI=1S/C25H29F3O2/c1-3-4-17-5-8-19(9-6-17)16(2)13-18-7-11-21(23(27)14-18)25(29)30-20-10-12-22(26)24(28)15-20/h7,10-12,14-17,19H,3-6,8-9,13H2,1-2H3. The SMILES string of the molecule is CCCC1CCC(C(C)Cc2ccc(C(=O)Oc3ccc(F)c(F)c3)c(F)c2)CC1. The second-order valence-corrected chi connectivity index (χ2v) is 8.53. The number of rotatable bonds is 7. The molecule has 2 aromatic carbocycles. The van der Waals surface area contributed by atoms with Gasteiger partial charge in [-0.15, -0.1) is 0 Å². The van der Waals surface area contributed by atoms with Crippen LogP contribution in [0.15, 0.2) is 36.4 Å². The summed E-state index contributed by atoms with van der Waals surface area (Å²) in [5, 5.41) is 0. The van der Waals surface area contributed by atoms with Crippen molar-refractivity contribution in [1.29, 1.82) is 0 Å². The lowest BCUT2D eigenvalue weighted by molar-refractivity contribution is 0.0729. The summed E-state index contributed by atoms with van der Waals surface area (Å²) in [5.74, 6) is -1.99. The first-order valence-electron chi connectivity index (χ1n) is 10.8. The van der Waals surface area contributed by atoms with Crippen molar-refractivity contribution in [3.05, 3.63) is 65.0 Å². The molecule has 0 saturated heterocycles. The highest BCUT2D eigenvalue weighted by Crippen LogP contribution is 2.36.